The van der Waals surface area contributed by atoms with E-state index in [1.54, 1.807) is 30.0 Å². The van der Waals surface area contributed by atoms with Crippen LogP contribution in [0.1, 0.15) is 24.0 Å². The van der Waals surface area contributed by atoms with Crippen LogP contribution in [0.3, 0.4) is 0 Å². The number of rotatable bonds is 4. The molecule has 7 heteroatoms. The van der Waals surface area contributed by atoms with E-state index in [1.165, 1.54) is 4.90 Å². The largest absolute Gasteiger partial charge is 0.426 e. The van der Waals surface area contributed by atoms with Gasteiger partial charge in [-0.3, -0.25) is 19.2 Å². The van der Waals surface area contributed by atoms with Crippen molar-refractivity contribution in [3.05, 3.63) is 65.7 Å². The predicted octanol–water partition coefficient (Wildman–Crippen LogP) is 3.57. The average Bonchev–Trinajstić information content (AvgIpc) is 3.58. The molecule has 2 aromatic carbocycles. The molecule has 0 spiro atoms. The molecule has 4 aliphatic rings. The number of amides is 3. The van der Waals surface area contributed by atoms with Gasteiger partial charge < -0.3 is 9.64 Å². The van der Waals surface area contributed by atoms with Gasteiger partial charge in [0.1, 0.15) is 5.75 Å². The Morgan fingerprint density at radius 3 is 2.31 bits per heavy atom. The van der Waals surface area contributed by atoms with E-state index in [9.17, 15) is 19.2 Å². The van der Waals surface area contributed by atoms with Crippen LogP contribution in [0.4, 0.5) is 11.4 Å². The van der Waals surface area contributed by atoms with E-state index in [0.29, 0.717) is 17.0 Å². The molecule has 2 aliphatic carbocycles. The first-order chi connectivity index (χ1) is 16.8. The minimum absolute atomic E-state index is 0.0970. The summed E-state index contributed by atoms with van der Waals surface area (Å²) in [6.07, 6.45) is 5.13. The van der Waals surface area contributed by atoms with Crippen molar-refractivity contribution in [3.63, 3.8) is 0 Å². The van der Waals surface area contributed by atoms with Crippen molar-refractivity contribution >= 4 is 35.1 Å². The molecule has 2 saturated heterocycles. The van der Waals surface area contributed by atoms with Crippen molar-refractivity contribution in [2.24, 2.45) is 29.6 Å². The lowest BCUT2D eigenvalue weighted by molar-refractivity contribution is -0.139. The van der Waals surface area contributed by atoms with Gasteiger partial charge in [-0.15, -0.1) is 0 Å². The van der Waals surface area contributed by atoms with Crippen LogP contribution < -0.4 is 14.5 Å². The number of hydrogen-bond acceptors (Lipinski definition) is 5. The van der Waals surface area contributed by atoms with Gasteiger partial charge in [0.2, 0.25) is 17.7 Å². The molecule has 0 N–H and O–H groups in total. The first-order valence-electron chi connectivity index (χ1n) is 12.1. The summed E-state index contributed by atoms with van der Waals surface area (Å²) in [7, 11) is 0. The fraction of sp³-hybridized carbons (Fsp3) is 0.357. The van der Waals surface area contributed by atoms with Gasteiger partial charge in [0.15, 0.2) is 0 Å². The smallest absolute Gasteiger partial charge is 0.316 e. The van der Waals surface area contributed by atoms with Crippen LogP contribution in [0.2, 0.25) is 0 Å². The molecule has 178 valence electrons. The van der Waals surface area contributed by atoms with Crippen LogP contribution in [0.25, 0.3) is 0 Å². The highest BCUT2D eigenvalue weighted by Crippen LogP contribution is 2.53. The number of imide groups is 1. The molecule has 5 atom stereocenters. The molecule has 35 heavy (non-hydrogen) atoms. The number of nitrogens with zero attached hydrogens (tertiary/aromatic N) is 2. The second-order valence-electron chi connectivity index (χ2n) is 10.1. The highest BCUT2D eigenvalue weighted by Gasteiger charge is 2.59. The lowest BCUT2D eigenvalue weighted by Gasteiger charge is -2.20. The van der Waals surface area contributed by atoms with E-state index in [0.717, 1.165) is 17.7 Å². The summed E-state index contributed by atoms with van der Waals surface area (Å²) in [6, 6.07) is 12.6. The van der Waals surface area contributed by atoms with Gasteiger partial charge in [0.25, 0.3) is 0 Å². The van der Waals surface area contributed by atoms with Crippen molar-refractivity contribution in [1.29, 1.82) is 0 Å². The molecular formula is C28H26N2O5. The quantitative estimate of drug-likeness (QED) is 0.295. The van der Waals surface area contributed by atoms with Gasteiger partial charge in [-0.25, -0.2) is 4.90 Å². The normalized spacial score (nSPS) is 28.9. The van der Waals surface area contributed by atoms with Crippen LogP contribution in [-0.4, -0.2) is 30.2 Å². The van der Waals surface area contributed by atoms with E-state index < -0.39 is 11.9 Å². The predicted molar refractivity (Wildman–Crippen MR) is 129 cm³/mol. The molecule has 0 unspecified atom stereocenters. The van der Waals surface area contributed by atoms with Gasteiger partial charge in [0.05, 0.1) is 23.4 Å². The van der Waals surface area contributed by atoms with Crippen LogP contribution in [0.15, 0.2) is 54.6 Å². The molecule has 1 saturated carbocycles. The fourth-order valence-corrected chi connectivity index (χ4v) is 6.19. The topological polar surface area (TPSA) is 84.0 Å². The molecule has 6 rings (SSSR count). The highest BCUT2D eigenvalue weighted by molar-refractivity contribution is 6.23. The first-order valence-corrected chi connectivity index (χ1v) is 12.1. The summed E-state index contributed by atoms with van der Waals surface area (Å²) in [6.45, 7) is 4.03. The van der Waals surface area contributed by atoms with Gasteiger partial charge >= 0.3 is 5.97 Å². The number of carbonyl (C=O) groups excluding carboxylic acids is 4. The van der Waals surface area contributed by atoms with Crippen molar-refractivity contribution < 1.29 is 23.9 Å². The van der Waals surface area contributed by atoms with Crippen LogP contribution in [0.5, 0.6) is 5.75 Å². The minimum Gasteiger partial charge on any atom is -0.426 e. The lowest BCUT2D eigenvalue weighted by atomic mass is 9.85. The summed E-state index contributed by atoms with van der Waals surface area (Å²) in [5, 5.41) is 0. The third-order valence-corrected chi connectivity index (χ3v) is 7.87. The fourth-order valence-electron chi connectivity index (χ4n) is 6.19. The molecule has 2 aromatic rings. The zero-order valence-electron chi connectivity index (χ0n) is 19.6. The SMILES string of the molecule is Cc1cccc(N2C[C@H](C(=O)Oc3ccc(N4C(=O)[C@@H]5[C@@H](C4=O)[C@H]4C=C[C@H]5C4)c(C)c3)CC2=O)c1. The summed E-state index contributed by atoms with van der Waals surface area (Å²) in [5.74, 6) is -1.28. The van der Waals surface area contributed by atoms with Gasteiger partial charge in [-0.05, 0) is 73.6 Å². The Bertz CT molecular complexity index is 1280. The van der Waals surface area contributed by atoms with Crippen molar-refractivity contribution in [3.8, 4) is 5.75 Å². The molecule has 7 nitrogen and oxygen atoms in total. The maximum atomic E-state index is 13.1. The highest BCUT2D eigenvalue weighted by atomic mass is 16.5. The van der Waals surface area contributed by atoms with Crippen molar-refractivity contribution in [1.82, 2.24) is 0 Å². The maximum absolute atomic E-state index is 13.1. The average molecular weight is 471 g/mol. The summed E-state index contributed by atoms with van der Waals surface area (Å²) < 4.78 is 5.61. The molecule has 2 heterocycles. The minimum atomic E-state index is -0.563. The molecule has 2 aliphatic heterocycles. The number of aryl methyl sites for hydroxylation is 2. The summed E-state index contributed by atoms with van der Waals surface area (Å²) in [5.41, 5.74) is 3.04. The zero-order chi connectivity index (χ0) is 24.4. The van der Waals surface area contributed by atoms with E-state index in [1.807, 2.05) is 31.2 Å². The summed E-state index contributed by atoms with van der Waals surface area (Å²) in [4.78, 5) is 54.6. The van der Waals surface area contributed by atoms with E-state index in [2.05, 4.69) is 12.2 Å². The molecule has 3 fully saturated rings. The first kappa shape index (κ1) is 21.8. The number of benzene rings is 2. The summed E-state index contributed by atoms with van der Waals surface area (Å²) >= 11 is 0. The molecular weight excluding hydrogens is 444 g/mol. The number of hydrogen-bond donors (Lipinski definition) is 0. The van der Waals surface area contributed by atoms with E-state index in [-0.39, 0.29) is 54.4 Å². The Balaban J connectivity index is 1.16. The molecule has 3 amide bonds. The Hall–Kier alpha value is -3.74. The third kappa shape index (κ3) is 3.40. The van der Waals surface area contributed by atoms with Crippen molar-refractivity contribution in [2.45, 2.75) is 26.7 Å². The molecule has 0 radical (unpaired) electrons. The lowest BCUT2D eigenvalue weighted by Crippen LogP contribution is -2.33. The maximum Gasteiger partial charge on any atom is 0.316 e. The van der Waals surface area contributed by atoms with Gasteiger partial charge in [-0.2, -0.15) is 0 Å². The van der Waals surface area contributed by atoms with Crippen LogP contribution >= 0.6 is 0 Å². The zero-order valence-corrected chi connectivity index (χ0v) is 19.6. The number of ether oxygens (including phenoxy) is 1. The number of anilines is 2. The number of carbonyl (C=O) groups is 4. The van der Waals surface area contributed by atoms with Crippen LogP contribution in [-0.2, 0) is 19.2 Å². The second-order valence-corrected chi connectivity index (χ2v) is 10.1. The molecule has 2 bridgehead atoms. The Kier molecular flexibility index (Phi) is 4.91. The van der Waals surface area contributed by atoms with Crippen molar-refractivity contribution in [2.75, 3.05) is 16.3 Å². The Labute approximate surface area is 203 Å². The van der Waals surface area contributed by atoms with E-state index >= 15 is 0 Å². The third-order valence-electron chi connectivity index (χ3n) is 7.87. The second kappa shape index (κ2) is 7.90. The standard InChI is InChI=1S/C28H26N2O5/c1-15-4-3-5-20(10-15)29-14-19(13-23(29)31)28(34)35-21-8-9-22(16(2)11-21)30-26(32)24-17-6-7-18(12-17)25(24)27(30)33/h3-11,17-19,24-25H,12-14H2,1-2H3/t17-,18-,19+,24-,25-/m0/s1. The van der Waals surface area contributed by atoms with Crippen LogP contribution in [0, 0.1) is 43.4 Å². The Morgan fingerprint density at radius 1 is 0.943 bits per heavy atom. The number of esters is 1. The number of fused-ring (bicyclic) bond motifs is 5. The van der Waals surface area contributed by atoms with Gasteiger partial charge in [0, 0.05) is 18.7 Å². The van der Waals surface area contributed by atoms with Gasteiger partial charge in [-0.1, -0.05) is 24.3 Å². The van der Waals surface area contributed by atoms with E-state index in [4.69, 9.17) is 4.74 Å². The molecule has 0 aromatic heterocycles. The number of allylic oxidation sites excluding steroid dienone is 2. The monoisotopic (exact) mass is 470 g/mol. The Morgan fingerprint density at radius 2 is 1.66 bits per heavy atom.